The van der Waals surface area contributed by atoms with E-state index in [0.29, 0.717) is 11.4 Å². The summed E-state index contributed by atoms with van der Waals surface area (Å²) in [5.74, 6) is -0.902. The number of amides is 1. The van der Waals surface area contributed by atoms with Crippen LogP contribution in [0.25, 0.3) is 0 Å². The number of carbonyl (C=O) groups is 1. The molecule has 0 saturated heterocycles. The molecule has 4 nitrogen and oxygen atoms in total. The van der Waals surface area contributed by atoms with E-state index < -0.39 is 5.82 Å². The molecule has 0 aliphatic heterocycles. The van der Waals surface area contributed by atoms with Gasteiger partial charge >= 0.3 is 0 Å². The normalized spacial score (nSPS) is 10.0. The molecule has 0 radical (unpaired) electrons. The Balaban J connectivity index is 2.25. The predicted octanol–water partition coefficient (Wildman–Crippen LogP) is 2.60. The van der Waals surface area contributed by atoms with Crippen molar-refractivity contribution in [2.24, 2.45) is 7.05 Å². The maximum atomic E-state index is 13.2. The average Bonchev–Trinajstić information content (AvgIpc) is 2.72. The van der Waals surface area contributed by atoms with Crippen LogP contribution in [0.15, 0.2) is 30.3 Å². The van der Waals surface area contributed by atoms with Gasteiger partial charge in [-0.3, -0.25) is 4.79 Å². The van der Waals surface area contributed by atoms with Crippen molar-refractivity contribution in [2.45, 2.75) is 6.92 Å². The van der Waals surface area contributed by atoms with Gasteiger partial charge < -0.3 is 9.88 Å². The Hall–Kier alpha value is -2.61. The Labute approximate surface area is 110 Å². The van der Waals surface area contributed by atoms with Crippen molar-refractivity contribution >= 4 is 11.6 Å². The number of hydrogen-bond acceptors (Lipinski definition) is 2. The van der Waals surface area contributed by atoms with E-state index >= 15 is 0 Å². The van der Waals surface area contributed by atoms with Gasteiger partial charge in [0.1, 0.15) is 17.6 Å². The molecule has 0 atom stereocenters. The Bertz CT molecular complexity index is 682. The SMILES string of the molecule is Cc1ccc(C(=O)Nc2ccc(F)c(C#N)c2)n1C. The lowest BCUT2D eigenvalue weighted by atomic mass is 10.2. The van der Waals surface area contributed by atoms with Gasteiger partial charge in [0.25, 0.3) is 5.91 Å². The Kier molecular flexibility index (Phi) is 3.34. The lowest BCUT2D eigenvalue weighted by molar-refractivity contribution is 0.101. The van der Waals surface area contributed by atoms with Crippen molar-refractivity contribution in [1.82, 2.24) is 4.57 Å². The second kappa shape index (κ2) is 4.94. The van der Waals surface area contributed by atoms with Gasteiger partial charge in [-0.05, 0) is 37.3 Å². The summed E-state index contributed by atoms with van der Waals surface area (Å²) in [6.45, 7) is 1.89. The van der Waals surface area contributed by atoms with E-state index in [1.807, 2.05) is 13.0 Å². The van der Waals surface area contributed by atoms with Crippen LogP contribution >= 0.6 is 0 Å². The van der Waals surface area contributed by atoms with E-state index in [9.17, 15) is 9.18 Å². The van der Waals surface area contributed by atoms with Crippen LogP contribution in [0.5, 0.6) is 0 Å². The quantitative estimate of drug-likeness (QED) is 0.899. The second-order valence-corrected chi connectivity index (χ2v) is 4.18. The van der Waals surface area contributed by atoms with E-state index in [4.69, 9.17) is 5.26 Å². The van der Waals surface area contributed by atoms with Crippen LogP contribution in [0.3, 0.4) is 0 Å². The number of anilines is 1. The molecule has 0 aliphatic carbocycles. The fourth-order valence-corrected chi connectivity index (χ4v) is 1.72. The van der Waals surface area contributed by atoms with Crippen LogP contribution in [-0.2, 0) is 7.05 Å². The molecular weight excluding hydrogens is 245 g/mol. The van der Waals surface area contributed by atoms with Gasteiger partial charge in [0, 0.05) is 18.4 Å². The third kappa shape index (κ3) is 2.47. The van der Waals surface area contributed by atoms with Crippen molar-refractivity contribution in [3.63, 3.8) is 0 Å². The molecule has 0 bridgehead atoms. The summed E-state index contributed by atoms with van der Waals surface area (Å²) in [5.41, 5.74) is 1.75. The molecule has 1 amide bonds. The first-order valence-corrected chi connectivity index (χ1v) is 5.66. The van der Waals surface area contributed by atoms with Crippen LogP contribution in [0, 0.1) is 24.1 Å². The van der Waals surface area contributed by atoms with Gasteiger partial charge in [-0.25, -0.2) is 4.39 Å². The summed E-state index contributed by atoms with van der Waals surface area (Å²) in [6.07, 6.45) is 0. The summed E-state index contributed by atoms with van der Waals surface area (Å²) in [5, 5.41) is 11.4. The highest BCUT2D eigenvalue weighted by Gasteiger charge is 2.12. The molecule has 2 rings (SSSR count). The predicted molar refractivity (Wildman–Crippen MR) is 69.2 cm³/mol. The van der Waals surface area contributed by atoms with Gasteiger partial charge in [0.2, 0.25) is 0 Å². The highest BCUT2D eigenvalue weighted by atomic mass is 19.1. The number of nitrogens with zero attached hydrogens (tertiary/aromatic N) is 2. The third-order valence-corrected chi connectivity index (χ3v) is 2.95. The van der Waals surface area contributed by atoms with E-state index in [0.717, 1.165) is 11.8 Å². The monoisotopic (exact) mass is 257 g/mol. The number of benzene rings is 1. The molecular formula is C14H12FN3O. The molecule has 0 spiro atoms. The molecule has 1 heterocycles. The lowest BCUT2D eigenvalue weighted by Crippen LogP contribution is -2.16. The first-order chi connectivity index (χ1) is 9.02. The zero-order chi connectivity index (χ0) is 14.0. The van der Waals surface area contributed by atoms with Crippen molar-refractivity contribution in [1.29, 1.82) is 5.26 Å². The van der Waals surface area contributed by atoms with Crippen LogP contribution in [0.4, 0.5) is 10.1 Å². The summed E-state index contributed by atoms with van der Waals surface area (Å²) in [6, 6.07) is 9.16. The van der Waals surface area contributed by atoms with Crippen LogP contribution in [-0.4, -0.2) is 10.5 Å². The van der Waals surface area contributed by atoms with Crippen LogP contribution < -0.4 is 5.32 Å². The van der Waals surface area contributed by atoms with Crippen molar-refractivity contribution in [3.8, 4) is 6.07 Å². The molecule has 96 valence electrons. The number of hydrogen-bond donors (Lipinski definition) is 1. The smallest absolute Gasteiger partial charge is 0.272 e. The van der Waals surface area contributed by atoms with E-state index in [1.165, 1.54) is 12.1 Å². The highest BCUT2D eigenvalue weighted by molar-refractivity contribution is 6.03. The van der Waals surface area contributed by atoms with Gasteiger partial charge in [0.05, 0.1) is 5.56 Å². The number of nitrogens with one attached hydrogen (secondary N) is 1. The van der Waals surface area contributed by atoms with E-state index in [1.54, 1.807) is 23.8 Å². The molecule has 5 heteroatoms. The Morgan fingerprint density at radius 3 is 2.68 bits per heavy atom. The number of carbonyl (C=O) groups excluding carboxylic acids is 1. The van der Waals surface area contributed by atoms with Crippen molar-refractivity contribution < 1.29 is 9.18 Å². The van der Waals surface area contributed by atoms with Gasteiger partial charge in [-0.1, -0.05) is 0 Å². The number of halogens is 1. The molecule has 1 N–H and O–H groups in total. The Morgan fingerprint density at radius 2 is 2.11 bits per heavy atom. The van der Waals surface area contributed by atoms with E-state index in [2.05, 4.69) is 5.32 Å². The molecule has 1 aromatic heterocycles. The standard InChI is InChI=1S/C14H12FN3O/c1-9-3-6-13(18(9)2)14(19)17-11-4-5-12(15)10(7-11)8-16/h3-7H,1-2H3,(H,17,19). The fraction of sp³-hybridized carbons (Fsp3) is 0.143. The maximum absolute atomic E-state index is 13.2. The van der Waals surface area contributed by atoms with Gasteiger partial charge in [-0.15, -0.1) is 0 Å². The maximum Gasteiger partial charge on any atom is 0.272 e. The summed E-state index contributed by atoms with van der Waals surface area (Å²) < 4.78 is 14.9. The van der Waals surface area contributed by atoms with Gasteiger partial charge in [0.15, 0.2) is 0 Å². The van der Waals surface area contributed by atoms with Crippen molar-refractivity contribution in [3.05, 3.63) is 53.1 Å². The number of aryl methyl sites for hydroxylation is 1. The van der Waals surface area contributed by atoms with Crippen molar-refractivity contribution in [2.75, 3.05) is 5.32 Å². The molecule has 0 aliphatic rings. The minimum absolute atomic E-state index is 0.0964. The minimum Gasteiger partial charge on any atom is -0.344 e. The summed E-state index contributed by atoms with van der Waals surface area (Å²) in [4.78, 5) is 12.0. The largest absolute Gasteiger partial charge is 0.344 e. The van der Waals surface area contributed by atoms with Crippen LogP contribution in [0.1, 0.15) is 21.7 Å². The zero-order valence-electron chi connectivity index (χ0n) is 10.6. The summed E-state index contributed by atoms with van der Waals surface area (Å²) in [7, 11) is 1.79. The molecule has 0 unspecified atom stereocenters. The first-order valence-electron chi connectivity index (χ1n) is 5.66. The lowest BCUT2D eigenvalue weighted by Gasteiger charge is -2.07. The number of nitriles is 1. The van der Waals surface area contributed by atoms with Crippen LogP contribution in [0.2, 0.25) is 0 Å². The topological polar surface area (TPSA) is 57.8 Å². The average molecular weight is 257 g/mol. The summed E-state index contributed by atoms with van der Waals surface area (Å²) >= 11 is 0. The first kappa shape index (κ1) is 12.8. The molecule has 19 heavy (non-hydrogen) atoms. The fourth-order valence-electron chi connectivity index (χ4n) is 1.72. The Morgan fingerprint density at radius 1 is 1.37 bits per heavy atom. The van der Waals surface area contributed by atoms with Gasteiger partial charge in [-0.2, -0.15) is 5.26 Å². The third-order valence-electron chi connectivity index (χ3n) is 2.95. The minimum atomic E-state index is -0.602. The molecule has 0 saturated carbocycles. The molecule has 2 aromatic rings. The van der Waals surface area contributed by atoms with E-state index in [-0.39, 0.29) is 11.5 Å². The number of rotatable bonds is 2. The molecule has 1 aromatic carbocycles. The highest BCUT2D eigenvalue weighted by Crippen LogP contribution is 2.15. The zero-order valence-corrected chi connectivity index (χ0v) is 10.6. The molecule has 0 fully saturated rings. The second-order valence-electron chi connectivity index (χ2n) is 4.18. The number of aromatic nitrogens is 1.